The number of carbonyl (C=O) groups is 2. The van der Waals surface area contributed by atoms with Crippen LogP contribution in [0, 0.1) is 6.92 Å². The van der Waals surface area contributed by atoms with Gasteiger partial charge in [0, 0.05) is 19.0 Å². The van der Waals surface area contributed by atoms with Gasteiger partial charge < -0.3 is 10.2 Å². The van der Waals surface area contributed by atoms with Gasteiger partial charge in [0.15, 0.2) is 0 Å². The molecule has 230 valence electrons. The lowest BCUT2D eigenvalue weighted by Gasteiger charge is -2.34. The molecule has 4 aromatic rings. The van der Waals surface area contributed by atoms with Crippen molar-refractivity contribution in [3.8, 4) is 0 Å². The van der Waals surface area contributed by atoms with E-state index in [4.69, 9.17) is 11.6 Å². The molecule has 2 amide bonds. The third-order valence-corrected chi connectivity index (χ3v) is 9.53. The van der Waals surface area contributed by atoms with Gasteiger partial charge in [0.2, 0.25) is 11.8 Å². The zero-order chi connectivity index (χ0) is 31.7. The van der Waals surface area contributed by atoms with E-state index in [-0.39, 0.29) is 40.5 Å². The van der Waals surface area contributed by atoms with Gasteiger partial charge in [-0.2, -0.15) is 0 Å². The van der Waals surface area contributed by atoms with Crippen LogP contribution in [0.3, 0.4) is 0 Å². The molecule has 0 saturated heterocycles. The first kappa shape index (κ1) is 32.8. The molecule has 4 rings (SSSR count). The Morgan fingerprint density at radius 3 is 2.09 bits per heavy atom. The number of halogens is 1. The van der Waals surface area contributed by atoms with Gasteiger partial charge in [-0.25, -0.2) is 8.42 Å². The van der Waals surface area contributed by atoms with Gasteiger partial charge in [-0.05, 0) is 55.7 Å². The molecule has 1 N–H and O–H groups in total. The van der Waals surface area contributed by atoms with E-state index >= 15 is 0 Å². The normalized spacial score (nSPS) is 12.6. The maximum atomic E-state index is 14.5. The minimum absolute atomic E-state index is 0.0216. The van der Waals surface area contributed by atoms with Crippen molar-refractivity contribution in [3.63, 3.8) is 0 Å². The molecule has 4 aromatic carbocycles. The van der Waals surface area contributed by atoms with E-state index in [2.05, 4.69) is 5.32 Å². The molecule has 9 heteroatoms. The molecule has 2 atom stereocenters. The summed E-state index contributed by atoms with van der Waals surface area (Å²) < 4.78 is 29.1. The highest BCUT2D eigenvalue weighted by Gasteiger charge is 2.35. The minimum atomic E-state index is -4.21. The molecule has 0 fully saturated rings. The van der Waals surface area contributed by atoms with E-state index < -0.39 is 28.5 Å². The number of hydrogen-bond acceptors (Lipinski definition) is 4. The van der Waals surface area contributed by atoms with Crippen molar-refractivity contribution in [2.24, 2.45) is 0 Å². The number of benzene rings is 4. The minimum Gasteiger partial charge on any atom is -0.352 e. The number of hydrogen-bond donors (Lipinski definition) is 1. The molecular weight excluding hydrogens is 594 g/mol. The zero-order valence-corrected chi connectivity index (χ0v) is 26.8. The predicted molar refractivity (Wildman–Crippen MR) is 176 cm³/mol. The second-order valence-corrected chi connectivity index (χ2v) is 13.1. The van der Waals surface area contributed by atoms with Crippen molar-refractivity contribution in [1.29, 1.82) is 0 Å². The van der Waals surface area contributed by atoms with E-state index in [1.165, 1.54) is 17.0 Å². The van der Waals surface area contributed by atoms with Gasteiger partial charge in [0.1, 0.15) is 12.6 Å². The topological polar surface area (TPSA) is 86.8 Å². The van der Waals surface area contributed by atoms with Crippen LogP contribution >= 0.6 is 11.6 Å². The summed E-state index contributed by atoms with van der Waals surface area (Å²) in [5.74, 6) is -0.842. The molecule has 0 bridgehead atoms. The van der Waals surface area contributed by atoms with Crippen molar-refractivity contribution in [2.45, 2.75) is 57.1 Å². The number of nitrogens with zero attached hydrogens (tertiary/aromatic N) is 2. The average molecular weight is 632 g/mol. The Balaban J connectivity index is 1.81. The molecule has 0 radical (unpaired) electrons. The van der Waals surface area contributed by atoms with Crippen molar-refractivity contribution in [2.75, 3.05) is 10.8 Å². The SMILES string of the molecule is CC[C@@H](C)NC(=O)[C@@H](Cc1ccccc1)N(Cc1cccc(C)c1)C(=O)CN(c1ccccc1Cl)S(=O)(=O)c1ccccc1. The van der Waals surface area contributed by atoms with Gasteiger partial charge in [-0.1, -0.05) is 109 Å². The molecule has 0 aliphatic rings. The third-order valence-electron chi connectivity index (χ3n) is 7.44. The predicted octanol–water partition coefficient (Wildman–Crippen LogP) is 6.40. The molecule has 0 saturated carbocycles. The molecule has 0 aromatic heterocycles. The third kappa shape index (κ3) is 8.27. The fraction of sp³-hybridized carbons (Fsp3) is 0.257. The highest BCUT2D eigenvalue weighted by Crippen LogP contribution is 2.31. The van der Waals surface area contributed by atoms with Crippen LogP contribution in [-0.4, -0.2) is 43.8 Å². The van der Waals surface area contributed by atoms with Gasteiger partial charge in [0.05, 0.1) is 15.6 Å². The lowest BCUT2D eigenvalue weighted by Crippen LogP contribution is -2.54. The Morgan fingerprint density at radius 1 is 0.841 bits per heavy atom. The van der Waals surface area contributed by atoms with Crippen molar-refractivity contribution >= 4 is 39.1 Å². The van der Waals surface area contributed by atoms with Crippen molar-refractivity contribution < 1.29 is 18.0 Å². The molecule has 0 aliphatic carbocycles. The van der Waals surface area contributed by atoms with E-state index in [9.17, 15) is 18.0 Å². The van der Waals surface area contributed by atoms with Crippen LogP contribution in [0.4, 0.5) is 5.69 Å². The van der Waals surface area contributed by atoms with Crippen LogP contribution in [0.1, 0.15) is 37.0 Å². The van der Waals surface area contributed by atoms with E-state index in [1.54, 1.807) is 42.5 Å². The van der Waals surface area contributed by atoms with Gasteiger partial charge >= 0.3 is 0 Å². The van der Waals surface area contributed by atoms with Crippen LogP contribution in [0.5, 0.6) is 0 Å². The smallest absolute Gasteiger partial charge is 0.264 e. The number of carbonyl (C=O) groups excluding carboxylic acids is 2. The van der Waals surface area contributed by atoms with Crippen LogP contribution in [0.25, 0.3) is 0 Å². The monoisotopic (exact) mass is 631 g/mol. The Kier molecular flexibility index (Phi) is 11.2. The average Bonchev–Trinajstić information content (AvgIpc) is 3.02. The first-order valence-corrected chi connectivity index (χ1v) is 16.4. The summed E-state index contributed by atoms with van der Waals surface area (Å²) >= 11 is 6.52. The molecule has 0 spiro atoms. The van der Waals surface area contributed by atoms with Crippen LogP contribution < -0.4 is 9.62 Å². The second kappa shape index (κ2) is 15.0. The molecular formula is C35H38ClN3O4S. The number of amides is 2. The Hall–Kier alpha value is -4.14. The summed E-state index contributed by atoms with van der Waals surface area (Å²) in [5.41, 5.74) is 2.87. The van der Waals surface area contributed by atoms with Crippen LogP contribution in [0.2, 0.25) is 5.02 Å². The quantitative estimate of drug-likeness (QED) is 0.185. The molecule has 7 nitrogen and oxygen atoms in total. The fourth-order valence-electron chi connectivity index (χ4n) is 4.89. The summed E-state index contributed by atoms with van der Waals surface area (Å²) in [6.07, 6.45) is 0.962. The van der Waals surface area contributed by atoms with E-state index in [1.807, 2.05) is 75.4 Å². The Bertz CT molecular complexity index is 1670. The van der Waals surface area contributed by atoms with Gasteiger partial charge in [-0.15, -0.1) is 0 Å². The first-order valence-electron chi connectivity index (χ1n) is 14.6. The molecule has 44 heavy (non-hydrogen) atoms. The maximum Gasteiger partial charge on any atom is 0.264 e. The van der Waals surface area contributed by atoms with Crippen LogP contribution in [0.15, 0.2) is 114 Å². The number of nitrogens with one attached hydrogen (secondary N) is 1. The Morgan fingerprint density at radius 2 is 1.45 bits per heavy atom. The lowest BCUT2D eigenvalue weighted by atomic mass is 10.0. The molecule has 0 aliphatic heterocycles. The highest BCUT2D eigenvalue weighted by molar-refractivity contribution is 7.92. The molecule has 0 unspecified atom stereocenters. The van der Waals surface area contributed by atoms with E-state index in [0.717, 1.165) is 21.0 Å². The largest absolute Gasteiger partial charge is 0.352 e. The summed E-state index contributed by atoms with van der Waals surface area (Å²) in [5, 5.41) is 3.23. The maximum absolute atomic E-state index is 14.5. The number of aryl methyl sites for hydroxylation is 1. The zero-order valence-electron chi connectivity index (χ0n) is 25.2. The van der Waals surface area contributed by atoms with Crippen LogP contribution in [-0.2, 0) is 32.6 Å². The Labute approximate surface area is 265 Å². The van der Waals surface area contributed by atoms with Gasteiger partial charge in [-0.3, -0.25) is 13.9 Å². The summed E-state index contributed by atoms with van der Waals surface area (Å²) in [7, 11) is -4.21. The number of anilines is 1. The van der Waals surface area contributed by atoms with Gasteiger partial charge in [0.25, 0.3) is 10.0 Å². The standard InChI is InChI=1S/C35H38ClN3O4S/c1-4-27(3)37-35(41)33(23-28-15-7-5-8-16-28)38(24-29-17-13-14-26(2)22-29)34(40)25-39(32-21-12-11-20-31(32)36)44(42,43)30-18-9-6-10-19-30/h5-22,27,33H,4,23-25H2,1-3H3,(H,37,41)/t27-,33-/m1/s1. The number of sulfonamides is 1. The van der Waals surface area contributed by atoms with Crippen molar-refractivity contribution in [1.82, 2.24) is 10.2 Å². The highest BCUT2D eigenvalue weighted by atomic mass is 35.5. The number of rotatable bonds is 13. The second-order valence-electron chi connectivity index (χ2n) is 10.8. The lowest BCUT2D eigenvalue weighted by molar-refractivity contribution is -0.140. The first-order chi connectivity index (χ1) is 21.1. The molecule has 0 heterocycles. The number of para-hydroxylation sites is 1. The summed E-state index contributed by atoms with van der Waals surface area (Å²) in [6, 6.07) is 30.6. The van der Waals surface area contributed by atoms with E-state index in [0.29, 0.717) is 6.42 Å². The van der Waals surface area contributed by atoms with Crippen molar-refractivity contribution in [3.05, 3.63) is 131 Å². The fourth-order valence-corrected chi connectivity index (χ4v) is 6.63. The summed E-state index contributed by atoms with van der Waals surface area (Å²) in [4.78, 5) is 29.9. The summed E-state index contributed by atoms with van der Waals surface area (Å²) in [6.45, 7) is 5.39.